The number of hydrogen-bond donors (Lipinski definition) is 2. The average Bonchev–Trinajstić information content (AvgIpc) is 2.53. The lowest BCUT2D eigenvalue weighted by Gasteiger charge is -2.46. The van der Waals surface area contributed by atoms with Gasteiger partial charge in [-0.2, -0.15) is 0 Å². The highest BCUT2D eigenvalue weighted by atomic mass is 16.5. The molecule has 1 unspecified atom stereocenters. The summed E-state index contributed by atoms with van der Waals surface area (Å²) in [5, 5.41) is 3.19. The van der Waals surface area contributed by atoms with Crippen molar-refractivity contribution in [3.8, 4) is 5.75 Å². The maximum Gasteiger partial charge on any atom is 0.236 e. The fraction of sp³-hybridized carbons (Fsp3) is 0.611. The molecule has 1 aromatic rings. The molecule has 2 aliphatic heterocycles. The minimum absolute atomic E-state index is 0.0183. The van der Waals surface area contributed by atoms with Crippen LogP contribution in [-0.4, -0.2) is 42.1 Å². The first-order valence-corrected chi connectivity index (χ1v) is 8.54. The van der Waals surface area contributed by atoms with Crippen molar-refractivity contribution in [2.24, 2.45) is 5.73 Å². The maximum absolute atomic E-state index is 12.2. The Kier molecular flexibility index (Phi) is 4.60. The number of rotatable bonds is 3. The molecule has 23 heavy (non-hydrogen) atoms. The molecule has 0 radical (unpaired) electrons. The van der Waals surface area contributed by atoms with Gasteiger partial charge in [0.05, 0.1) is 6.54 Å². The van der Waals surface area contributed by atoms with E-state index in [1.165, 1.54) is 0 Å². The summed E-state index contributed by atoms with van der Waals surface area (Å²) in [5.41, 5.74) is 7.24. The van der Waals surface area contributed by atoms with Crippen LogP contribution < -0.4 is 15.8 Å². The summed E-state index contributed by atoms with van der Waals surface area (Å²) in [6.45, 7) is 6.00. The van der Waals surface area contributed by atoms with Crippen molar-refractivity contribution in [2.75, 3.05) is 19.6 Å². The Balaban J connectivity index is 1.62. The third-order valence-corrected chi connectivity index (χ3v) is 4.93. The normalized spacial score (nSPS) is 22.8. The van der Waals surface area contributed by atoms with Crippen molar-refractivity contribution in [1.29, 1.82) is 0 Å². The van der Waals surface area contributed by atoms with Gasteiger partial charge in [-0.25, -0.2) is 0 Å². The molecule has 1 atom stereocenters. The lowest BCUT2D eigenvalue weighted by atomic mass is 9.81. The van der Waals surface area contributed by atoms with Crippen LogP contribution in [0.1, 0.15) is 44.7 Å². The molecule has 0 saturated carbocycles. The van der Waals surface area contributed by atoms with E-state index in [2.05, 4.69) is 5.32 Å². The molecule has 126 valence electrons. The van der Waals surface area contributed by atoms with Gasteiger partial charge >= 0.3 is 0 Å². The van der Waals surface area contributed by atoms with Crippen LogP contribution in [-0.2, 0) is 4.79 Å². The summed E-state index contributed by atoms with van der Waals surface area (Å²) >= 11 is 0. The van der Waals surface area contributed by atoms with Crippen molar-refractivity contribution in [2.45, 2.75) is 50.8 Å². The van der Waals surface area contributed by atoms with Gasteiger partial charge < -0.3 is 20.7 Å². The zero-order chi connectivity index (χ0) is 16.4. The highest BCUT2D eigenvalue weighted by Gasteiger charge is 2.42. The summed E-state index contributed by atoms with van der Waals surface area (Å²) in [4.78, 5) is 14.2. The number of nitrogens with one attached hydrogen (secondary N) is 1. The molecule has 1 aromatic carbocycles. The molecule has 1 fully saturated rings. The van der Waals surface area contributed by atoms with Gasteiger partial charge in [-0.05, 0) is 6.07 Å². The second-order valence-corrected chi connectivity index (χ2v) is 7.05. The molecule has 2 heterocycles. The van der Waals surface area contributed by atoms with E-state index in [4.69, 9.17) is 10.5 Å². The van der Waals surface area contributed by atoms with E-state index < -0.39 is 0 Å². The number of fused-ring (bicyclic) bond motifs is 1. The lowest BCUT2D eigenvalue weighted by Crippen LogP contribution is -2.53. The van der Waals surface area contributed by atoms with Crippen LogP contribution in [0.25, 0.3) is 0 Å². The van der Waals surface area contributed by atoms with Crippen LogP contribution in [0.3, 0.4) is 0 Å². The number of nitrogens with zero attached hydrogens (tertiary/aromatic N) is 1. The zero-order valence-electron chi connectivity index (χ0n) is 14.0. The number of likely N-dealkylation sites (tertiary alicyclic amines) is 1. The van der Waals surface area contributed by atoms with Crippen molar-refractivity contribution >= 4 is 5.91 Å². The van der Waals surface area contributed by atoms with Crippen molar-refractivity contribution in [3.63, 3.8) is 0 Å². The first-order chi connectivity index (χ1) is 11.0. The quantitative estimate of drug-likeness (QED) is 0.892. The van der Waals surface area contributed by atoms with Gasteiger partial charge in [0.2, 0.25) is 5.91 Å². The molecule has 1 saturated heterocycles. The number of para-hydroxylation sites is 1. The number of carbonyl (C=O) groups is 1. The highest BCUT2D eigenvalue weighted by Crippen LogP contribution is 2.43. The van der Waals surface area contributed by atoms with Crippen LogP contribution in [0.4, 0.5) is 0 Å². The first-order valence-electron chi connectivity index (χ1n) is 8.54. The number of piperidine rings is 1. The molecule has 3 rings (SSSR count). The van der Waals surface area contributed by atoms with Crippen LogP contribution in [0.2, 0.25) is 0 Å². The van der Waals surface area contributed by atoms with E-state index in [9.17, 15) is 4.79 Å². The minimum Gasteiger partial charge on any atom is -0.487 e. The fourth-order valence-corrected chi connectivity index (χ4v) is 3.54. The van der Waals surface area contributed by atoms with Crippen LogP contribution in [0, 0.1) is 0 Å². The molecular formula is C18H27N3O2. The van der Waals surface area contributed by atoms with Gasteiger partial charge in [0.15, 0.2) is 0 Å². The number of benzene rings is 1. The number of carbonyl (C=O) groups excluding carboxylic acids is 1. The second kappa shape index (κ2) is 6.49. The summed E-state index contributed by atoms with van der Waals surface area (Å²) in [6, 6.07) is 8.38. The Hall–Kier alpha value is -1.59. The molecule has 5 nitrogen and oxygen atoms in total. The van der Waals surface area contributed by atoms with Gasteiger partial charge in [0.1, 0.15) is 11.4 Å². The summed E-state index contributed by atoms with van der Waals surface area (Å²) < 4.78 is 6.32. The Labute approximate surface area is 138 Å². The lowest BCUT2D eigenvalue weighted by molar-refractivity contribution is -0.134. The summed E-state index contributed by atoms with van der Waals surface area (Å²) in [5.74, 6) is 1.08. The minimum atomic E-state index is -0.212. The SMILES string of the molecule is CC(C)NCC(=O)N1CCC2(CC1)CC(N)c1ccccc1O2. The molecule has 3 N–H and O–H groups in total. The molecule has 5 heteroatoms. The smallest absolute Gasteiger partial charge is 0.236 e. The summed E-state index contributed by atoms with van der Waals surface area (Å²) in [7, 11) is 0. The molecule has 1 amide bonds. The molecule has 1 spiro atoms. The number of nitrogens with two attached hydrogens (primary N) is 1. The Morgan fingerprint density at radius 3 is 2.78 bits per heavy atom. The monoisotopic (exact) mass is 317 g/mol. The Bertz CT molecular complexity index is 565. The predicted octanol–water partition coefficient (Wildman–Crippen LogP) is 1.83. The number of amides is 1. The molecular weight excluding hydrogens is 290 g/mol. The largest absolute Gasteiger partial charge is 0.487 e. The van der Waals surface area contributed by atoms with Crippen molar-refractivity contribution in [1.82, 2.24) is 10.2 Å². The standard InChI is InChI=1S/C18H27N3O2/c1-13(2)20-12-17(22)21-9-7-18(8-10-21)11-15(19)14-5-3-4-6-16(14)23-18/h3-6,13,15,20H,7-12,19H2,1-2H3. The highest BCUT2D eigenvalue weighted by molar-refractivity contribution is 5.78. The predicted molar refractivity (Wildman–Crippen MR) is 90.3 cm³/mol. The van der Waals surface area contributed by atoms with E-state index in [1.54, 1.807) is 0 Å². The van der Waals surface area contributed by atoms with E-state index >= 15 is 0 Å². The third-order valence-electron chi connectivity index (χ3n) is 4.93. The third kappa shape index (κ3) is 3.51. The fourth-order valence-electron chi connectivity index (χ4n) is 3.54. The van der Waals surface area contributed by atoms with Crippen LogP contribution >= 0.6 is 0 Å². The maximum atomic E-state index is 12.2. The van der Waals surface area contributed by atoms with Gasteiger partial charge in [0, 0.05) is 50.0 Å². The molecule has 0 bridgehead atoms. The van der Waals surface area contributed by atoms with Gasteiger partial charge in [0.25, 0.3) is 0 Å². The average molecular weight is 317 g/mol. The Morgan fingerprint density at radius 2 is 2.09 bits per heavy atom. The number of ether oxygens (including phenoxy) is 1. The van der Waals surface area contributed by atoms with Crippen molar-refractivity contribution in [3.05, 3.63) is 29.8 Å². The van der Waals surface area contributed by atoms with E-state index in [0.29, 0.717) is 12.6 Å². The van der Waals surface area contributed by atoms with E-state index in [0.717, 1.165) is 43.7 Å². The van der Waals surface area contributed by atoms with Gasteiger partial charge in [-0.3, -0.25) is 4.79 Å². The van der Waals surface area contributed by atoms with Gasteiger partial charge in [-0.1, -0.05) is 32.0 Å². The van der Waals surface area contributed by atoms with E-state index in [-0.39, 0.29) is 17.6 Å². The summed E-state index contributed by atoms with van der Waals surface area (Å²) in [6.07, 6.45) is 2.53. The van der Waals surface area contributed by atoms with E-state index in [1.807, 2.05) is 43.0 Å². The zero-order valence-corrected chi connectivity index (χ0v) is 14.0. The molecule has 0 aliphatic carbocycles. The second-order valence-electron chi connectivity index (χ2n) is 7.05. The van der Waals surface area contributed by atoms with Crippen LogP contribution in [0.5, 0.6) is 5.75 Å². The first kappa shape index (κ1) is 16.3. The van der Waals surface area contributed by atoms with Crippen LogP contribution in [0.15, 0.2) is 24.3 Å². The molecule has 2 aliphatic rings. The number of hydrogen-bond acceptors (Lipinski definition) is 4. The molecule has 0 aromatic heterocycles. The van der Waals surface area contributed by atoms with Crippen molar-refractivity contribution < 1.29 is 9.53 Å². The Morgan fingerprint density at radius 1 is 1.39 bits per heavy atom. The topological polar surface area (TPSA) is 67.6 Å². The van der Waals surface area contributed by atoms with Gasteiger partial charge in [-0.15, -0.1) is 0 Å².